The SMILES string of the molecule is O=C1CC(O)C(N=Nc2cc([N+](=O)[O-])cc([N+](=O)[O-])c2O)=C/C1=N\Nc1cc(S(=O)(=O)O)cc2cc(S(=O)(=O)O)c(N=Nc3ccc([N+](=O)[O-])cc3)c(O)c12. The van der Waals surface area contributed by atoms with E-state index in [9.17, 15) is 76.4 Å². The van der Waals surface area contributed by atoms with Crippen molar-refractivity contribution in [2.75, 3.05) is 5.43 Å². The van der Waals surface area contributed by atoms with Gasteiger partial charge in [-0.05, 0) is 41.8 Å². The summed E-state index contributed by atoms with van der Waals surface area (Å²) in [5.41, 5.74) is -3.38. The number of ketones is 1. The highest BCUT2D eigenvalue weighted by Crippen LogP contribution is 2.45. The first-order valence-electron chi connectivity index (χ1n) is 14.4. The van der Waals surface area contributed by atoms with Crippen LogP contribution in [0.1, 0.15) is 6.42 Å². The summed E-state index contributed by atoms with van der Waals surface area (Å²) in [5.74, 6) is -3.09. The second-order valence-corrected chi connectivity index (χ2v) is 13.7. The molecule has 0 aromatic heterocycles. The molecule has 0 amide bonds. The molecule has 6 N–H and O–H groups in total. The molecule has 1 unspecified atom stereocenters. The van der Waals surface area contributed by atoms with Gasteiger partial charge in [0.2, 0.25) is 5.75 Å². The summed E-state index contributed by atoms with van der Waals surface area (Å²) in [5, 5.41) is 82.8. The fourth-order valence-electron chi connectivity index (χ4n) is 4.77. The zero-order valence-electron chi connectivity index (χ0n) is 26.7. The first-order chi connectivity index (χ1) is 25.6. The monoisotopic (exact) mass is 801 g/mol. The van der Waals surface area contributed by atoms with Crippen molar-refractivity contribution in [3.63, 3.8) is 0 Å². The number of non-ortho nitro benzene ring substituents is 2. The third kappa shape index (κ3) is 8.39. The minimum atomic E-state index is -5.26. The lowest BCUT2D eigenvalue weighted by Gasteiger charge is -2.17. The Labute approximate surface area is 304 Å². The molecule has 1 aliphatic rings. The molecule has 0 spiro atoms. The molecule has 27 heteroatoms. The number of hydrogen-bond donors (Lipinski definition) is 6. The van der Waals surface area contributed by atoms with Crippen molar-refractivity contribution in [2.45, 2.75) is 22.3 Å². The van der Waals surface area contributed by atoms with Gasteiger partial charge in [0.15, 0.2) is 11.5 Å². The molecule has 0 saturated heterocycles. The highest BCUT2D eigenvalue weighted by molar-refractivity contribution is 7.86. The summed E-state index contributed by atoms with van der Waals surface area (Å²) >= 11 is 0. The lowest BCUT2D eigenvalue weighted by atomic mass is 9.99. The summed E-state index contributed by atoms with van der Waals surface area (Å²) in [6.45, 7) is 0. The van der Waals surface area contributed by atoms with Crippen LogP contribution < -0.4 is 5.43 Å². The Morgan fingerprint density at radius 1 is 0.764 bits per heavy atom. The number of anilines is 1. The normalized spacial score (nSPS) is 15.8. The lowest BCUT2D eigenvalue weighted by Crippen LogP contribution is -2.27. The number of azo groups is 2. The van der Waals surface area contributed by atoms with Gasteiger partial charge in [0.1, 0.15) is 28.1 Å². The minimum absolute atomic E-state index is 0.0884. The van der Waals surface area contributed by atoms with Gasteiger partial charge in [-0.15, -0.1) is 10.2 Å². The van der Waals surface area contributed by atoms with Crippen molar-refractivity contribution >= 4 is 82.3 Å². The number of aliphatic hydroxyl groups excluding tert-OH is 1. The Balaban J connectivity index is 1.63. The van der Waals surface area contributed by atoms with Crippen LogP contribution in [0.25, 0.3) is 10.8 Å². The highest BCUT2D eigenvalue weighted by Gasteiger charge is 2.29. The Hall–Kier alpha value is -7.20. The van der Waals surface area contributed by atoms with Crippen LogP contribution in [-0.4, -0.2) is 73.6 Å². The van der Waals surface area contributed by atoms with Gasteiger partial charge in [-0.2, -0.15) is 32.2 Å². The maximum absolute atomic E-state index is 12.8. The number of hydrazone groups is 1. The number of fused-ring (bicyclic) bond motifs is 1. The predicted molar refractivity (Wildman–Crippen MR) is 183 cm³/mol. The number of hydrogen-bond acceptors (Lipinski definition) is 20. The highest BCUT2D eigenvalue weighted by atomic mass is 32.2. The number of nitro groups is 3. The van der Waals surface area contributed by atoms with Crippen molar-refractivity contribution in [3.8, 4) is 11.5 Å². The maximum Gasteiger partial charge on any atom is 0.319 e. The summed E-state index contributed by atoms with van der Waals surface area (Å²) in [6, 6.07) is 7.43. The van der Waals surface area contributed by atoms with Gasteiger partial charge in [0, 0.05) is 24.6 Å². The fraction of sp³-hybridized carbons (Fsp3) is 0.0714. The molecule has 25 nitrogen and oxygen atoms in total. The average Bonchev–Trinajstić information content (AvgIpc) is 3.09. The summed E-state index contributed by atoms with van der Waals surface area (Å²) < 4.78 is 68.6. The number of benzene rings is 4. The number of aliphatic hydroxyl groups is 1. The first-order valence-corrected chi connectivity index (χ1v) is 17.3. The average molecular weight is 802 g/mol. The van der Waals surface area contributed by atoms with E-state index in [-0.39, 0.29) is 11.4 Å². The van der Waals surface area contributed by atoms with E-state index in [1.54, 1.807) is 0 Å². The Bertz CT molecular complexity index is 2700. The Morgan fingerprint density at radius 2 is 1.42 bits per heavy atom. The van der Waals surface area contributed by atoms with Crippen LogP contribution >= 0.6 is 0 Å². The lowest BCUT2D eigenvalue weighted by molar-refractivity contribution is -0.394. The molecule has 55 heavy (non-hydrogen) atoms. The van der Waals surface area contributed by atoms with Crippen LogP contribution in [0.15, 0.2) is 102 Å². The molecule has 0 saturated carbocycles. The molecule has 284 valence electrons. The second kappa shape index (κ2) is 14.7. The van der Waals surface area contributed by atoms with Crippen molar-refractivity contribution in [2.24, 2.45) is 25.6 Å². The number of carbonyl (C=O) groups is 1. The molecule has 5 rings (SSSR count). The van der Waals surface area contributed by atoms with Crippen molar-refractivity contribution in [1.29, 1.82) is 0 Å². The van der Waals surface area contributed by atoms with Gasteiger partial charge in [0.25, 0.3) is 31.6 Å². The summed E-state index contributed by atoms with van der Waals surface area (Å²) in [4.78, 5) is 41.4. The first kappa shape index (κ1) is 39.0. The van der Waals surface area contributed by atoms with E-state index in [1.807, 2.05) is 0 Å². The number of allylic oxidation sites excluding steroid dienone is 1. The zero-order valence-corrected chi connectivity index (χ0v) is 28.3. The van der Waals surface area contributed by atoms with Crippen molar-refractivity contribution < 1.29 is 60.8 Å². The van der Waals surface area contributed by atoms with Crippen LogP contribution in [0.3, 0.4) is 0 Å². The second-order valence-electron chi connectivity index (χ2n) is 10.9. The molecule has 0 heterocycles. The largest absolute Gasteiger partial charge is 0.505 e. The predicted octanol–water partition coefficient (Wildman–Crippen LogP) is 4.65. The molecule has 4 aromatic rings. The van der Waals surface area contributed by atoms with E-state index >= 15 is 0 Å². The third-order valence-corrected chi connectivity index (χ3v) is 9.05. The molecule has 0 aliphatic heterocycles. The van der Waals surface area contributed by atoms with Gasteiger partial charge >= 0.3 is 5.69 Å². The molecule has 0 bridgehead atoms. The quantitative estimate of drug-likeness (QED) is 0.0520. The van der Waals surface area contributed by atoms with Gasteiger partial charge in [-0.3, -0.25) is 49.7 Å². The molecule has 1 aliphatic carbocycles. The smallest absolute Gasteiger partial charge is 0.319 e. The van der Waals surface area contributed by atoms with Crippen LogP contribution in [0.2, 0.25) is 0 Å². The van der Waals surface area contributed by atoms with Crippen LogP contribution in [0, 0.1) is 30.3 Å². The van der Waals surface area contributed by atoms with E-state index in [2.05, 4.69) is 31.0 Å². The van der Waals surface area contributed by atoms with Crippen molar-refractivity contribution in [3.05, 3.63) is 96.7 Å². The molecular weight excluding hydrogens is 782 g/mol. The van der Waals surface area contributed by atoms with Gasteiger partial charge < -0.3 is 15.3 Å². The number of nitrogens with zero attached hydrogens (tertiary/aromatic N) is 8. The molecule has 1 atom stereocenters. The van der Waals surface area contributed by atoms with E-state index in [0.29, 0.717) is 30.3 Å². The number of carbonyl (C=O) groups excluding carboxylic acids is 1. The fourth-order valence-corrected chi connectivity index (χ4v) is 5.97. The van der Waals surface area contributed by atoms with E-state index in [4.69, 9.17) is 0 Å². The van der Waals surface area contributed by atoms with Crippen LogP contribution in [0.5, 0.6) is 11.5 Å². The van der Waals surface area contributed by atoms with E-state index in [0.717, 1.165) is 30.3 Å². The minimum Gasteiger partial charge on any atom is -0.505 e. The number of rotatable bonds is 11. The van der Waals surface area contributed by atoms with E-state index < -0.39 is 125 Å². The number of nitrogens with one attached hydrogen (secondary N) is 1. The molecule has 0 radical (unpaired) electrons. The topological polar surface area (TPSA) is 390 Å². The molecular formula is C28H19N9O16S2. The summed E-state index contributed by atoms with van der Waals surface area (Å²) in [6.07, 6.45) is -1.61. The van der Waals surface area contributed by atoms with Crippen LogP contribution in [0.4, 0.5) is 39.8 Å². The van der Waals surface area contributed by atoms with Gasteiger partial charge in [-0.1, -0.05) is 0 Å². The maximum atomic E-state index is 12.8. The van der Waals surface area contributed by atoms with Gasteiger partial charge in [-0.25, -0.2) is 0 Å². The number of Topliss-reactive ketones (excluding diaryl/α,β-unsaturated/α-hetero) is 1. The number of aromatic hydroxyl groups is 2. The Morgan fingerprint density at radius 3 is 2.00 bits per heavy atom. The number of nitro benzene ring substituents is 3. The standard InChI is InChI=1S/C28H19N9O16S2/c38-22-11-23(39)18(31-33-20-7-15(36(44)45)8-21(27(20)40)37(46)47)10-17(22)30-32-19-9-16(54(48,49)50)5-12-6-24(55(51,52)53)26(28(41)25(12)19)34-29-13-1-3-14(4-2-13)35(42)43/h1-10,23,32,39-41H,11H2,(H,48,49,50)(H,51,52,53)/b30-17+,33-31?,34-29?. The summed E-state index contributed by atoms with van der Waals surface area (Å²) in [7, 11) is -10.3. The molecule has 4 aromatic carbocycles. The zero-order chi connectivity index (χ0) is 40.6. The Kier molecular flexibility index (Phi) is 10.4. The number of phenols is 2. The van der Waals surface area contributed by atoms with E-state index in [1.165, 1.54) is 0 Å². The third-order valence-electron chi connectivity index (χ3n) is 7.35. The van der Waals surface area contributed by atoms with Crippen molar-refractivity contribution in [1.82, 2.24) is 0 Å². The van der Waals surface area contributed by atoms with Crippen LogP contribution in [-0.2, 0) is 25.0 Å². The number of phenolic OH excluding ortho intramolecular Hbond substituents is 2. The van der Waals surface area contributed by atoms with Gasteiger partial charge in [0.05, 0.1) is 48.2 Å². The molecule has 0 fully saturated rings.